The molecule has 2 aromatic heterocycles. The van der Waals surface area contributed by atoms with E-state index in [0.29, 0.717) is 43.9 Å². The molecule has 0 saturated carbocycles. The number of carbonyl (C=O) groups excluding carboxylic acids is 2. The zero-order valence-electron chi connectivity index (χ0n) is 32.4. The molecule has 5 aliphatic heterocycles. The van der Waals surface area contributed by atoms with Gasteiger partial charge in [0.25, 0.3) is 0 Å². The van der Waals surface area contributed by atoms with Gasteiger partial charge in [0.15, 0.2) is 0 Å². The van der Waals surface area contributed by atoms with Crippen LogP contribution in [0, 0.1) is 19.8 Å². The fourth-order valence-corrected chi connectivity index (χ4v) is 8.84. The highest BCUT2D eigenvalue weighted by atomic mass is 16.5. The van der Waals surface area contributed by atoms with Gasteiger partial charge >= 0.3 is 6.03 Å². The number of nitrogens with zero attached hydrogens (tertiary/aromatic N) is 8. The van der Waals surface area contributed by atoms with Crippen LogP contribution in [-0.2, 0) is 17.8 Å². The number of hydrogen-bond donors (Lipinski definition) is 3. The zero-order valence-corrected chi connectivity index (χ0v) is 32.4. The van der Waals surface area contributed by atoms with Crippen molar-refractivity contribution in [3.8, 4) is 5.88 Å². The molecule has 5 aliphatic rings. The summed E-state index contributed by atoms with van der Waals surface area (Å²) in [5.41, 5.74) is 10.9. The van der Waals surface area contributed by atoms with Gasteiger partial charge in [0.05, 0.1) is 24.1 Å². The van der Waals surface area contributed by atoms with Gasteiger partial charge in [0.1, 0.15) is 12.3 Å². The first-order valence-corrected chi connectivity index (χ1v) is 20.1. The number of aromatic nitrogens is 3. The minimum Gasteiger partial charge on any atom is -0.474 e. The Bertz CT molecular complexity index is 2090. The largest absolute Gasteiger partial charge is 0.474 e. The molecule has 0 aliphatic carbocycles. The number of rotatable bonds is 8. The van der Waals surface area contributed by atoms with Crippen LogP contribution in [0.5, 0.6) is 5.88 Å². The summed E-state index contributed by atoms with van der Waals surface area (Å²) in [7, 11) is 0. The maximum Gasteiger partial charge on any atom is 0.328 e. The quantitative estimate of drug-likeness (QED) is 0.221. The number of piperidine rings is 1. The average molecular weight is 758 g/mol. The Morgan fingerprint density at radius 3 is 2.39 bits per heavy atom. The lowest BCUT2D eigenvalue weighted by molar-refractivity contribution is -0.120. The van der Waals surface area contributed by atoms with Crippen molar-refractivity contribution in [1.29, 1.82) is 0 Å². The molecular formula is C42H51N11O3. The molecule has 0 unspecified atom stereocenters. The van der Waals surface area contributed by atoms with Crippen LogP contribution in [0.25, 0.3) is 0 Å². The standard InChI is InChI=1S/C42H51N11O3/c1-28-23-34(7-8-36(28)53-17-12-38(54)48-42(53)55)51-20-18-49(19-21-51)26-30-9-14-50(15-10-30)33-5-3-32(4-6-33)46-41-45-24-31-11-16-52(27-35(31)47-41)37-25-44-40-39(29(37)2)43-13-22-56-40/h3-8,23-25,30,43H,9-22,26-27H2,1-2H3,(H,45,46,47)(H,48,54,55). The Hall–Kier alpha value is -5.63. The van der Waals surface area contributed by atoms with Gasteiger partial charge < -0.3 is 30.1 Å². The van der Waals surface area contributed by atoms with Crippen LogP contribution < -0.4 is 40.3 Å². The molecule has 3 N–H and O–H groups in total. The van der Waals surface area contributed by atoms with E-state index < -0.39 is 0 Å². The number of piperazine rings is 1. The highest BCUT2D eigenvalue weighted by Gasteiger charge is 2.28. The van der Waals surface area contributed by atoms with Crippen molar-refractivity contribution in [2.24, 2.45) is 5.92 Å². The second kappa shape index (κ2) is 15.5. The number of aryl methyl sites for hydroxylation is 1. The summed E-state index contributed by atoms with van der Waals surface area (Å²) in [6, 6.07) is 14.7. The zero-order chi connectivity index (χ0) is 38.2. The minimum atomic E-state index is -0.336. The summed E-state index contributed by atoms with van der Waals surface area (Å²) in [6.07, 6.45) is 7.51. The van der Waals surface area contributed by atoms with Crippen molar-refractivity contribution in [1.82, 2.24) is 25.2 Å². The Morgan fingerprint density at radius 1 is 0.821 bits per heavy atom. The SMILES string of the molecule is Cc1cc(N2CCN(CC3CCN(c4ccc(Nc5ncc6c(n5)CN(c5cnc7c(c5C)NCCO7)CC6)cc4)CC3)CC2)ccc1N1CCC(=O)NC1=O. The number of imide groups is 1. The van der Waals surface area contributed by atoms with Crippen molar-refractivity contribution >= 4 is 52.0 Å². The number of amides is 3. The number of fused-ring (bicyclic) bond motifs is 2. The summed E-state index contributed by atoms with van der Waals surface area (Å²) < 4.78 is 5.74. The third kappa shape index (κ3) is 7.49. The van der Waals surface area contributed by atoms with E-state index in [4.69, 9.17) is 9.72 Å². The number of nitrogens with one attached hydrogen (secondary N) is 3. The van der Waals surface area contributed by atoms with E-state index in [1.807, 2.05) is 25.4 Å². The first-order chi connectivity index (χ1) is 27.3. The first-order valence-electron chi connectivity index (χ1n) is 20.1. The van der Waals surface area contributed by atoms with E-state index in [1.54, 1.807) is 4.90 Å². The summed E-state index contributed by atoms with van der Waals surface area (Å²) >= 11 is 0. The molecule has 4 aromatic rings. The van der Waals surface area contributed by atoms with E-state index in [0.717, 1.165) is 105 Å². The van der Waals surface area contributed by atoms with E-state index >= 15 is 0 Å². The number of benzene rings is 2. The number of hydrogen-bond acceptors (Lipinski definition) is 12. The second-order valence-corrected chi connectivity index (χ2v) is 15.7. The fraction of sp³-hybridized carbons (Fsp3) is 0.452. The molecule has 0 bridgehead atoms. The van der Waals surface area contributed by atoms with Gasteiger partial charge in [0, 0.05) is 106 Å². The molecule has 9 rings (SSSR count). The Balaban J connectivity index is 0.737. The molecule has 0 radical (unpaired) electrons. The lowest BCUT2D eigenvalue weighted by Crippen LogP contribution is -2.50. The van der Waals surface area contributed by atoms with Crippen LogP contribution in [0.2, 0.25) is 0 Å². The van der Waals surface area contributed by atoms with Gasteiger partial charge in [-0.25, -0.2) is 19.7 Å². The molecule has 3 fully saturated rings. The van der Waals surface area contributed by atoms with E-state index in [1.165, 1.54) is 29.8 Å². The number of anilines is 7. The second-order valence-electron chi connectivity index (χ2n) is 15.7. The van der Waals surface area contributed by atoms with Gasteiger partial charge in [-0.2, -0.15) is 0 Å². The molecular weight excluding hydrogens is 707 g/mol. The Labute approximate surface area is 328 Å². The average Bonchev–Trinajstić information content (AvgIpc) is 3.22. The van der Waals surface area contributed by atoms with Crippen molar-refractivity contribution < 1.29 is 14.3 Å². The van der Waals surface area contributed by atoms with E-state index in [2.05, 4.69) is 88.8 Å². The van der Waals surface area contributed by atoms with Crippen LogP contribution in [-0.4, -0.2) is 104 Å². The van der Waals surface area contributed by atoms with Crippen molar-refractivity contribution in [2.45, 2.75) is 46.1 Å². The molecule has 3 saturated heterocycles. The molecule has 7 heterocycles. The monoisotopic (exact) mass is 757 g/mol. The maximum absolute atomic E-state index is 12.4. The maximum atomic E-state index is 12.4. The highest BCUT2D eigenvalue weighted by Crippen LogP contribution is 2.36. The number of carbonyl (C=O) groups is 2. The normalized spacial score (nSPS) is 19.2. The molecule has 2 aromatic carbocycles. The number of ether oxygens (including phenoxy) is 1. The van der Waals surface area contributed by atoms with Crippen molar-refractivity contribution in [2.75, 3.05) is 102 Å². The lowest BCUT2D eigenvalue weighted by atomic mass is 9.95. The van der Waals surface area contributed by atoms with Gasteiger partial charge in [-0.05, 0) is 92.6 Å². The van der Waals surface area contributed by atoms with Crippen molar-refractivity contribution in [3.05, 3.63) is 77.2 Å². The van der Waals surface area contributed by atoms with Crippen LogP contribution in [0.15, 0.2) is 54.9 Å². The summed E-state index contributed by atoms with van der Waals surface area (Å²) in [5.74, 6) is 1.80. The predicted octanol–water partition coefficient (Wildman–Crippen LogP) is 5.08. The van der Waals surface area contributed by atoms with Crippen molar-refractivity contribution in [3.63, 3.8) is 0 Å². The molecule has 292 valence electrons. The van der Waals surface area contributed by atoms with Crippen LogP contribution >= 0.6 is 0 Å². The van der Waals surface area contributed by atoms with E-state index in [9.17, 15) is 9.59 Å². The smallest absolute Gasteiger partial charge is 0.328 e. The predicted molar refractivity (Wildman–Crippen MR) is 220 cm³/mol. The first kappa shape index (κ1) is 36.0. The third-order valence-electron chi connectivity index (χ3n) is 12.1. The fourth-order valence-electron chi connectivity index (χ4n) is 8.84. The number of urea groups is 1. The third-order valence-corrected chi connectivity index (χ3v) is 12.1. The van der Waals surface area contributed by atoms with Crippen LogP contribution in [0.3, 0.4) is 0 Å². The van der Waals surface area contributed by atoms with Gasteiger partial charge in [-0.1, -0.05) is 0 Å². The van der Waals surface area contributed by atoms with Crippen LogP contribution in [0.1, 0.15) is 41.6 Å². The topological polar surface area (TPSA) is 134 Å². The summed E-state index contributed by atoms with van der Waals surface area (Å²) in [5, 5.41) is 9.33. The molecule has 14 nitrogen and oxygen atoms in total. The molecule has 3 amide bonds. The number of pyridine rings is 1. The molecule has 56 heavy (non-hydrogen) atoms. The van der Waals surface area contributed by atoms with Gasteiger partial charge in [-0.15, -0.1) is 0 Å². The summed E-state index contributed by atoms with van der Waals surface area (Å²) in [6.45, 7) is 15.0. The Morgan fingerprint density at radius 2 is 1.61 bits per heavy atom. The molecule has 0 spiro atoms. The molecule has 0 atom stereocenters. The van der Waals surface area contributed by atoms with E-state index in [-0.39, 0.29) is 11.9 Å². The highest BCUT2D eigenvalue weighted by molar-refractivity contribution is 6.06. The van der Waals surface area contributed by atoms with Gasteiger partial charge in [-0.3, -0.25) is 19.9 Å². The molecule has 14 heteroatoms. The minimum absolute atomic E-state index is 0.209. The Kier molecular flexibility index (Phi) is 9.96. The van der Waals surface area contributed by atoms with Gasteiger partial charge in [0.2, 0.25) is 17.7 Å². The lowest BCUT2D eigenvalue weighted by Gasteiger charge is -2.40. The summed E-state index contributed by atoms with van der Waals surface area (Å²) in [4.78, 5) is 49.8. The van der Waals surface area contributed by atoms with Crippen LogP contribution in [0.4, 0.5) is 44.9 Å².